The predicted molar refractivity (Wildman–Crippen MR) is 97.9 cm³/mol. The number of hydrogen-bond donors (Lipinski definition) is 0. The molecule has 3 nitrogen and oxygen atoms in total. The molecule has 0 N–H and O–H groups in total. The standard InChI is InChI=1S/C19H16ClNO2S/c1-15-6-12-18(13-7-15)24(22,23)21-14-4-2-3-5-19(21)16-8-10-17(20)11-9-16/h2-14H,1H3. The van der Waals surface area contributed by atoms with Crippen LogP contribution in [-0.4, -0.2) is 12.7 Å². The maximum atomic E-state index is 13.1. The molecule has 2 aromatic rings. The average molecular weight is 358 g/mol. The lowest BCUT2D eigenvalue weighted by atomic mass is 10.1. The first kappa shape index (κ1) is 16.6. The molecule has 24 heavy (non-hydrogen) atoms. The highest BCUT2D eigenvalue weighted by molar-refractivity contribution is 7.89. The van der Waals surface area contributed by atoms with E-state index >= 15 is 0 Å². The minimum Gasteiger partial charge on any atom is -0.241 e. The SMILES string of the molecule is Cc1ccc(S(=O)(=O)N2C=CC=CC=C2c2ccc(Cl)cc2)cc1. The van der Waals surface area contributed by atoms with Gasteiger partial charge in [-0.1, -0.05) is 53.6 Å². The summed E-state index contributed by atoms with van der Waals surface area (Å²) in [6, 6.07) is 13.9. The van der Waals surface area contributed by atoms with E-state index in [9.17, 15) is 8.42 Å². The molecule has 0 aliphatic carbocycles. The monoisotopic (exact) mass is 357 g/mol. The van der Waals surface area contributed by atoms with E-state index in [1.807, 2.05) is 13.0 Å². The minimum absolute atomic E-state index is 0.250. The van der Waals surface area contributed by atoms with Gasteiger partial charge in [0.05, 0.1) is 10.6 Å². The highest BCUT2D eigenvalue weighted by atomic mass is 35.5. The van der Waals surface area contributed by atoms with Crippen molar-refractivity contribution in [2.45, 2.75) is 11.8 Å². The fourth-order valence-electron chi connectivity index (χ4n) is 2.37. The van der Waals surface area contributed by atoms with Crippen LogP contribution in [0.3, 0.4) is 0 Å². The molecule has 0 fully saturated rings. The Balaban J connectivity index is 2.09. The number of sulfonamides is 1. The fourth-order valence-corrected chi connectivity index (χ4v) is 3.86. The van der Waals surface area contributed by atoms with Crippen LogP contribution in [0, 0.1) is 6.92 Å². The molecule has 0 saturated carbocycles. The van der Waals surface area contributed by atoms with Gasteiger partial charge in [-0.15, -0.1) is 0 Å². The number of benzene rings is 2. The van der Waals surface area contributed by atoms with Crippen molar-refractivity contribution in [1.82, 2.24) is 4.31 Å². The van der Waals surface area contributed by atoms with Crippen LogP contribution in [0.2, 0.25) is 5.02 Å². The van der Waals surface area contributed by atoms with Crippen molar-refractivity contribution in [3.05, 3.63) is 95.2 Å². The van der Waals surface area contributed by atoms with Crippen LogP contribution in [0.15, 0.2) is 83.9 Å². The number of aryl methyl sites for hydroxylation is 1. The Morgan fingerprint density at radius 3 is 2.21 bits per heavy atom. The van der Waals surface area contributed by atoms with Gasteiger partial charge >= 0.3 is 0 Å². The van der Waals surface area contributed by atoms with E-state index < -0.39 is 10.0 Å². The van der Waals surface area contributed by atoms with Gasteiger partial charge in [0.15, 0.2) is 0 Å². The van der Waals surface area contributed by atoms with Crippen molar-refractivity contribution in [3.8, 4) is 0 Å². The Bertz CT molecular complexity index is 924. The lowest BCUT2D eigenvalue weighted by Crippen LogP contribution is -2.24. The average Bonchev–Trinajstić information content (AvgIpc) is 2.82. The highest BCUT2D eigenvalue weighted by Gasteiger charge is 2.25. The highest BCUT2D eigenvalue weighted by Crippen LogP contribution is 2.29. The summed E-state index contributed by atoms with van der Waals surface area (Å²) >= 11 is 5.94. The maximum absolute atomic E-state index is 13.1. The molecule has 2 aromatic carbocycles. The first-order valence-corrected chi connectivity index (χ1v) is 9.22. The molecule has 1 aliphatic heterocycles. The van der Waals surface area contributed by atoms with Gasteiger partial charge < -0.3 is 0 Å². The molecule has 0 amide bonds. The molecular weight excluding hydrogens is 342 g/mol. The molecule has 0 bridgehead atoms. The van der Waals surface area contributed by atoms with Gasteiger partial charge in [0.25, 0.3) is 10.0 Å². The zero-order valence-electron chi connectivity index (χ0n) is 13.1. The van der Waals surface area contributed by atoms with Gasteiger partial charge in [0.1, 0.15) is 0 Å². The number of rotatable bonds is 3. The largest absolute Gasteiger partial charge is 0.268 e. The smallest absolute Gasteiger partial charge is 0.241 e. The second-order valence-corrected chi connectivity index (χ2v) is 7.65. The molecule has 0 saturated heterocycles. The summed E-state index contributed by atoms with van der Waals surface area (Å²) in [5.74, 6) is 0. The lowest BCUT2D eigenvalue weighted by molar-refractivity contribution is 0.558. The Labute approximate surface area is 147 Å². The van der Waals surface area contributed by atoms with Gasteiger partial charge in [-0.3, -0.25) is 0 Å². The third-order valence-electron chi connectivity index (χ3n) is 3.65. The molecule has 0 atom stereocenters. The normalized spacial score (nSPS) is 14.4. The Morgan fingerprint density at radius 2 is 1.54 bits per heavy atom. The molecule has 122 valence electrons. The second kappa shape index (κ2) is 6.67. The molecule has 5 heteroatoms. The summed E-state index contributed by atoms with van der Waals surface area (Å²) in [5, 5.41) is 0.604. The van der Waals surface area contributed by atoms with E-state index in [4.69, 9.17) is 11.6 Å². The van der Waals surface area contributed by atoms with Crippen LogP contribution in [0.4, 0.5) is 0 Å². The van der Waals surface area contributed by atoms with Crippen molar-refractivity contribution < 1.29 is 8.42 Å². The van der Waals surface area contributed by atoms with Crippen LogP contribution in [0.5, 0.6) is 0 Å². The zero-order valence-corrected chi connectivity index (χ0v) is 14.6. The summed E-state index contributed by atoms with van der Waals surface area (Å²) < 4.78 is 27.5. The molecular formula is C19H16ClNO2S. The predicted octanol–water partition coefficient (Wildman–Crippen LogP) is 4.76. The van der Waals surface area contributed by atoms with Gasteiger partial charge in [-0.2, -0.15) is 0 Å². The van der Waals surface area contributed by atoms with E-state index in [-0.39, 0.29) is 4.90 Å². The third-order valence-corrected chi connectivity index (χ3v) is 5.61. The molecule has 1 aliphatic rings. The first-order chi connectivity index (χ1) is 11.5. The molecule has 3 rings (SSSR count). The summed E-state index contributed by atoms with van der Waals surface area (Å²) in [5.41, 5.74) is 2.35. The molecule has 0 unspecified atom stereocenters. The van der Waals surface area contributed by atoms with Crippen LogP contribution in [0.25, 0.3) is 5.70 Å². The van der Waals surface area contributed by atoms with Crippen LogP contribution in [0.1, 0.15) is 11.1 Å². The Hall–Kier alpha value is -2.30. The molecule has 0 spiro atoms. The topological polar surface area (TPSA) is 37.4 Å². The summed E-state index contributed by atoms with van der Waals surface area (Å²) in [6.07, 6.45) is 8.63. The lowest BCUT2D eigenvalue weighted by Gasteiger charge is -2.23. The van der Waals surface area contributed by atoms with Gasteiger partial charge in [-0.25, -0.2) is 12.7 Å². The van der Waals surface area contributed by atoms with Crippen LogP contribution < -0.4 is 0 Å². The molecule has 1 heterocycles. The van der Waals surface area contributed by atoms with Crippen LogP contribution in [-0.2, 0) is 10.0 Å². The molecule has 0 aromatic heterocycles. The van der Waals surface area contributed by atoms with E-state index in [1.54, 1.807) is 73.0 Å². The quantitative estimate of drug-likeness (QED) is 0.793. The number of hydrogen-bond acceptors (Lipinski definition) is 2. The third kappa shape index (κ3) is 3.30. The van der Waals surface area contributed by atoms with E-state index in [2.05, 4.69) is 0 Å². The number of nitrogens with zero attached hydrogens (tertiary/aromatic N) is 1. The Kier molecular flexibility index (Phi) is 4.60. The Morgan fingerprint density at radius 1 is 0.875 bits per heavy atom. The van der Waals surface area contributed by atoms with Crippen molar-refractivity contribution in [2.24, 2.45) is 0 Å². The van der Waals surface area contributed by atoms with E-state index in [1.165, 1.54) is 4.31 Å². The van der Waals surface area contributed by atoms with Gasteiger partial charge in [0.2, 0.25) is 0 Å². The first-order valence-electron chi connectivity index (χ1n) is 7.41. The summed E-state index contributed by atoms with van der Waals surface area (Å²) in [7, 11) is -3.70. The van der Waals surface area contributed by atoms with Gasteiger partial charge in [0, 0.05) is 11.2 Å². The van der Waals surface area contributed by atoms with Crippen molar-refractivity contribution in [2.75, 3.05) is 0 Å². The number of halogens is 1. The van der Waals surface area contributed by atoms with Crippen molar-refractivity contribution in [1.29, 1.82) is 0 Å². The summed E-state index contributed by atoms with van der Waals surface area (Å²) in [4.78, 5) is 0.250. The van der Waals surface area contributed by atoms with Crippen LogP contribution >= 0.6 is 11.6 Å². The number of allylic oxidation sites excluding steroid dienone is 4. The fraction of sp³-hybridized carbons (Fsp3) is 0.0526. The van der Waals surface area contributed by atoms with E-state index in [0.29, 0.717) is 10.7 Å². The van der Waals surface area contributed by atoms with E-state index in [0.717, 1.165) is 11.1 Å². The zero-order chi connectivity index (χ0) is 17.2. The van der Waals surface area contributed by atoms with Crippen molar-refractivity contribution >= 4 is 27.3 Å². The second-order valence-electron chi connectivity index (χ2n) is 5.40. The van der Waals surface area contributed by atoms with Gasteiger partial charge in [-0.05, 0) is 48.9 Å². The summed E-state index contributed by atoms with van der Waals surface area (Å²) in [6.45, 7) is 1.92. The van der Waals surface area contributed by atoms with Crippen molar-refractivity contribution in [3.63, 3.8) is 0 Å². The minimum atomic E-state index is -3.70. The maximum Gasteiger partial charge on any atom is 0.268 e. The molecule has 0 radical (unpaired) electrons.